The molecule has 0 amide bonds. The van der Waals surface area contributed by atoms with Crippen LogP contribution in [0.15, 0.2) is 18.2 Å². The van der Waals surface area contributed by atoms with Crippen LogP contribution in [0, 0.1) is 0 Å². The van der Waals surface area contributed by atoms with Gasteiger partial charge in [-0.05, 0) is 42.9 Å². The second-order valence-electron chi connectivity index (χ2n) is 4.38. The monoisotopic (exact) mass is 219 g/mol. The average molecular weight is 219 g/mol. The smallest absolute Gasteiger partial charge is 0.317 e. The summed E-state index contributed by atoms with van der Waals surface area (Å²) >= 11 is 0. The highest BCUT2D eigenvalue weighted by molar-refractivity contribution is 5.69. The standard InChI is InChI=1S/C13H17NO2/c1-9(14-8-13(15)16)11-6-5-10-3-2-4-12(10)7-11/h5-7,9,14H,2-4,8H2,1H3,(H,15,16). The Balaban J connectivity index is 2.06. The van der Waals surface area contributed by atoms with Crippen molar-refractivity contribution in [1.82, 2.24) is 5.32 Å². The van der Waals surface area contributed by atoms with Gasteiger partial charge in [-0.2, -0.15) is 0 Å². The van der Waals surface area contributed by atoms with E-state index < -0.39 is 5.97 Å². The van der Waals surface area contributed by atoms with E-state index >= 15 is 0 Å². The van der Waals surface area contributed by atoms with Gasteiger partial charge in [-0.1, -0.05) is 18.2 Å². The Morgan fingerprint density at radius 2 is 2.19 bits per heavy atom. The largest absolute Gasteiger partial charge is 0.480 e. The van der Waals surface area contributed by atoms with Crippen molar-refractivity contribution in [3.05, 3.63) is 34.9 Å². The Labute approximate surface area is 95.5 Å². The van der Waals surface area contributed by atoms with E-state index in [1.165, 1.54) is 29.5 Å². The fraction of sp³-hybridized carbons (Fsp3) is 0.462. The molecule has 0 fully saturated rings. The third-order valence-electron chi connectivity index (χ3n) is 3.18. The van der Waals surface area contributed by atoms with Crippen LogP contribution >= 0.6 is 0 Å². The third kappa shape index (κ3) is 2.42. The predicted molar refractivity (Wildman–Crippen MR) is 62.5 cm³/mol. The molecule has 0 bridgehead atoms. The number of carboxylic acids is 1. The lowest BCUT2D eigenvalue weighted by Gasteiger charge is -2.14. The zero-order chi connectivity index (χ0) is 11.5. The van der Waals surface area contributed by atoms with Gasteiger partial charge in [0.1, 0.15) is 0 Å². The van der Waals surface area contributed by atoms with Crippen LogP contribution in [-0.4, -0.2) is 17.6 Å². The molecule has 1 unspecified atom stereocenters. The quantitative estimate of drug-likeness (QED) is 0.813. The molecule has 1 atom stereocenters. The molecule has 3 heteroatoms. The number of carboxylic acid groups (broad SMARTS) is 1. The maximum atomic E-state index is 10.5. The molecule has 1 aliphatic carbocycles. The lowest BCUT2D eigenvalue weighted by molar-refractivity contribution is -0.136. The van der Waals surface area contributed by atoms with E-state index in [1.807, 2.05) is 6.92 Å². The first-order valence-corrected chi connectivity index (χ1v) is 5.73. The molecular weight excluding hydrogens is 202 g/mol. The van der Waals surface area contributed by atoms with Crippen molar-refractivity contribution in [2.24, 2.45) is 0 Å². The number of carbonyl (C=O) groups is 1. The van der Waals surface area contributed by atoms with Gasteiger partial charge in [0.25, 0.3) is 0 Å². The van der Waals surface area contributed by atoms with Gasteiger partial charge in [0.05, 0.1) is 6.54 Å². The van der Waals surface area contributed by atoms with Gasteiger partial charge < -0.3 is 10.4 Å². The first-order chi connectivity index (χ1) is 7.66. The van der Waals surface area contributed by atoms with Crippen molar-refractivity contribution in [2.75, 3.05) is 6.54 Å². The maximum absolute atomic E-state index is 10.5. The summed E-state index contributed by atoms with van der Waals surface area (Å²) in [6, 6.07) is 6.59. The van der Waals surface area contributed by atoms with Gasteiger partial charge in [0, 0.05) is 6.04 Å². The highest BCUT2D eigenvalue weighted by Crippen LogP contribution is 2.25. The third-order valence-corrected chi connectivity index (χ3v) is 3.18. The SMILES string of the molecule is CC(NCC(=O)O)c1ccc2c(c1)CCC2. The molecule has 0 radical (unpaired) electrons. The summed E-state index contributed by atoms with van der Waals surface area (Å²) < 4.78 is 0. The molecule has 1 aromatic carbocycles. The maximum Gasteiger partial charge on any atom is 0.317 e. The topological polar surface area (TPSA) is 49.3 Å². The van der Waals surface area contributed by atoms with E-state index in [0.717, 1.165) is 6.42 Å². The van der Waals surface area contributed by atoms with E-state index in [9.17, 15) is 4.79 Å². The lowest BCUT2D eigenvalue weighted by atomic mass is 10.0. The Bertz CT molecular complexity index is 401. The van der Waals surface area contributed by atoms with Crippen molar-refractivity contribution < 1.29 is 9.90 Å². The Morgan fingerprint density at radius 3 is 2.94 bits per heavy atom. The molecule has 1 aromatic rings. The fourth-order valence-electron chi connectivity index (χ4n) is 2.22. The minimum Gasteiger partial charge on any atom is -0.480 e. The predicted octanol–water partition coefficient (Wildman–Crippen LogP) is 1.91. The number of aliphatic carboxylic acids is 1. The minimum atomic E-state index is -0.812. The van der Waals surface area contributed by atoms with Crippen molar-refractivity contribution >= 4 is 5.97 Å². The van der Waals surface area contributed by atoms with Crippen LogP contribution in [-0.2, 0) is 17.6 Å². The number of hydrogen-bond donors (Lipinski definition) is 2. The summed E-state index contributed by atoms with van der Waals surface area (Å²) in [5.41, 5.74) is 4.07. The number of fused-ring (bicyclic) bond motifs is 1. The normalized spacial score (nSPS) is 15.8. The molecule has 3 nitrogen and oxygen atoms in total. The summed E-state index contributed by atoms with van der Waals surface area (Å²) in [6.45, 7) is 2.01. The van der Waals surface area contributed by atoms with E-state index in [-0.39, 0.29) is 12.6 Å². The number of aryl methyl sites for hydroxylation is 2. The van der Waals surface area contributed by atoms with Crippen LogP contribution in [0.1, 0.15) is 36.1 Å². The number of benzene rings is 1. The molecule has 2 N–H and O–H groups in total. The molecule has 0 heterocycles. The zero-order valence-electron chi connectivity index (χ0n) is 9.49. The van der Waals surface area contributed by atoms with E-state index in [0.29, 0.717) is 0 Å². The second-order valence-corrected chi connectivity index (χ2v) is 4.38. The number of nitrogens with one attached hydrogen (secondary N) is 1. The summed E-state index contributed by atoms with van der Waals surface area (Å²) in [6.07, 6.45) is 3.59. The summed E-state index contributed by atoms with van der Waals surface area (Å²) in [7, 11) is 0. The number of hydrogen-bond acceptors (Lipinski definition) is 2. The molecular formula is C13H17NO2. The second kappa shape index (κ2) is 4.66. The molecule has 16 heavy (non-hydrogen) atoms. The van der Waals surface area contributed by atoms with E-state index in [4.69, 9.17) is 5.11 Å². The molecule has 0 spiro atoms. The Morgan fingerprint density at radius 1 is 1.44 bits per heavy atom. The van der Waals surface area contributed by atoms with Gasteiger partial charge in [-0.3, -0.25) is 4.79 Å². The van der Waals surface area contributed by atoms with Crippen LogP contribution < -0.4 is 5.32 Å². The molecule has 0 saturated heterocycles. The lowest BCUT2D eigenvalue weighted by Crippen LogP contribution is -2.25. The van der Waals surface area contributed by atoms with Crippen LogP contribution in [0.25, 0.3) is 0 Å². The summed E-state index contributed by atoms with van der Waals surface area (Å²) in [5.74, 6) is -0.812. The van der Waals surface area contributed by atoms with Crippen LogP contribution in [0.3, 0.4) is 0 Å². The first kappa shape index (κ1) is 11.1. The van der Waals surface area contributed by atoms with E-state index in [1.54, 1.807) is 0 Å². The van der Waals surface area contributed by atoms with E-state index in [2.05, 4.69) is 23.5 Å². The molecule has 2 rings (SSSR count). The Hall–Kier alpha value is -1.35. The van der Waals surface area contributed by atoms with Crippen LogP contribution in [0.5, 0.6) is 0 Å². The fourth-order valence-corrected chi connectivity index (χ4v) is 2.22. The van der Waals surface area contributed by atoms with Crippen LogP contribution in [0.2, 0.25) is 0 Å². The summed E-state index contributed by atoms with van der Waals surface area (Å²) in [5, 5.41) is 11.6. The van der Waals surface area contributed by atoms with Gasteiger partial charge in [-0.15, -0.1) is 0 Å². The molecule has 0 aromatic heterocycles. The molecule has 86 valence electrons. The van der Waals surface area contributed by atoms with Crippen molar-refractivity contribution in [3.63, 3.8) is 0 Å². The highest BCUT2D eigenvalue weighted by Gasteiger charge is 2.13. The highest BCUT2D eigenvalue weighted by atomic mass is 16.4. The zero-order valence-corrected chi connectivity index (χ0v) is 9.49. The van der Waals surface area contributed by atoms with Crippen molar-refractivity contribution in [1.29, 1.82) is 0 Å². The Kier molecular flexibility index (Phi) is 3.25. The average Bonchev–Trinajstić information content (AvgIpc) is 2.72. The number of rotatable bonds is 4. The molecule has 0 saturated carbocycles. The van der Waals surface area contributed by atoms with Gasteiger partial charge >= 0.3 is 5.97 Å². The van der Waals surface area contributed by atoms with Gasteiger partial charge in [0.2, 0.25) is 0 Å². The molecule has 0 aliphatic heterocycles. The van der Waals surface area contributed by atoms with Crippen molar-refractivity contribution in [3.8, 4) is 0 Å². The minimum absolute atomic E-state index is 0.0122. The van der Waals surface area contributed by atoms with Crippen molar-refractivity contribution in [2.45, 2.75) is 32.2 Å². The summed E-state index contributed by atoms with van der Waals surface area (Å²) in [4.78, 5) is 10.5. The first-order valence-electron chi connectivity index (χ1n) is 5.73. The van der Waals surface area contributed by atoms with Crippen LogP contribution in [0.4, 0.5) is 0 Å². The van der Waals surface area contributed by atoms with Gasteiger partial charge in [0.15, 0.2) is 0 Å². The molecule has 1 aliphatic rings. The van der Waals surface area contributed by atoms with Gasteiger partial charge in [-0.25, -0.2) is 0 Å².